The van der Waals surface area contributed by atoms with Crippen LogP contribution in [0.15, 0.2) is 48.5 Å². The van der Waals surface area contributed by atoms with E-state index in [9.17, 15) is 9.59 Å². The molecule has 2 amide bonds. The highest BCUT2D eigenvalue weighted by atomic mass is 35.5. The average Bonchev–Trinajstić information content (AvgIpc) is 3.04. The topological polar surface area (TPSA) is 49.4 Å². The van der Waals surface area contributed by atoms with E-state index in [0.29, 0.717) is 28.8 Å². The summed E-state index contributed by atoms with van der Waals surface area (Å²) in [7, 11) is 0. The van der Waals surface area contributed by atoms with Crippen molar-refractivity contribution in [2.24, 2.45) is 5.92 Å². The van der Waals surface area contributed by atoms with E-state index in [2.05, 4.69) is 19.2 Å². The first-order valence-electron chi connectivity index (χ1n) is 9.41. The molecule has 0 radical (unpaired) electrons. The molecule has 148 valence electrons. The standard InChI is InChI=1S/C22H25ClN2O2S/c1-14(2)15(3)24-21(27)17-6-8-18(9-7-17)22-25(20(26)13-28-22)12-16-4-10-19(23)11-5-16/h4-11,14-15,22H,12-13H2,1-3H3,(H,24,27)/t15-,22+/m1/s1. The minimum Gasteiger partial charge on any atom is -0.349 e. The van der Waals surface area contributed by atoms with E-state index >= 15 is 0 Å². The number of nitrogens with zero attached hydrogens (tertiary/aromatic N) is 1. The molecule has 6 heteroatoms. The molecule has 1 N–H and O–H groups in total. The number of carbonyl (C=O) groups is 2. The van der Waals surface area contributed by atoms with Gasteiger partial charge in [0.2, 0.25) is 5.91 Å². The van der Waals surface area contributed by atoms with Gasteiger partial charge in [0, 0.05) is 23.2 Å². The minimum absolute atomic E-state index is 0.0464. The summed E-state index contributed by atoms with van der Waals surface area (Å²) in [6.45, 7) is 6.71. The summed E-state index contributed by atoms with van der Waals surface area (Å²) in [4.78, 5) is 26.7. The Morgan fingerprint density at radius 1 is 1.14 bits per heavy atom. The van der Waals surface area contributed by atoms with Gasteiger partial charge in [0.1, 0.15) is 5.37 Å². The van der Waals surface area contributed by atoms with Crippen molar-refractivity contribution in [3.63, 3.8) is 0 Å². The Hall–Kier alpha value is -1.98. The molecule has 0 aromatic heterocycles. The van der Waals surface area contributed by atoms with Crippen molar-refractivity contribution < 1.29 is 9.59 Å². The molecule has 1 heterocycles. The number of hydrogen-bond acceptors (Lipinski definition) is 3. The lowest BCUT2D eigenvalue weighted by Crippen LogP contribution is -2.36. The van der Waals surface area contributed by atoms with E-state index in [1.165, 1.54) is 0 Å². The molecule has 1 aliphatic rings. The van der Waals surface area contributed by atoms with Crippen LogP contribution in [0.1, 0.15) is 47.6 Å². The summed E-state index contributed by atoms with van der Waals surface area (Å²) in [6, 6.07) is 15.2. The Kier molecular flexibility index (Phi) is 6.68. The number of rotatable bonds is 6. The van der Waals surface area contributed by atoms with Gasteiger partial charge in [-0.15, -0.1) is 11.8 Å². The maximum atomic E-state index is 12.4. The molecule has 0 bridgehead atoms. The molecule has 2 aromatic carbocycles. The first-order chi connectivity index (χ1) is 13.3. The van der Waals surface area contributed by atoms with E-state index in [1.54, 1.807) is 11.8 Å². The van der Waals surface area contributed by atoms with Gasteiger partial charge in [0.25, 0.3) is 5.91 Å². The Morgan fingerprint density at radius 2 is 1.79 bits per heavy atom. The summed E-state index contributed by atoms with van der Waals surface area (Å²) in [6.07, 6.45) is 0. The first-order valence-corrected chi connectivity index (χ1v) is 10.8. The molecule has 1 aliphatic heterocycles. The van der Waals surface area contributed by atoms with Crippen LogP contribution in [-0.4, -0.2) is 28.5 Å². The largest absolute Gasteiger partial charge is 0.349 e. The Morgan fingerprint density at radius 3 is 2.39 bits per heavy atom. The van der Waals surface area contributed by atoms with Gasteiger partial charge in [-0.05, 0) is 48.2 Å². The predicted molar refractivity (Wildman–Crippen MR) is 115 cm³/mol. The zero-order chi connectivity index (χ0) is 20.3. The number of thioether (sulfide) groups is 1. The number of amides is 2. The molecular weight excluding hydrogens is 392 g/mol. The van der Waals surface area contributed by atoms with E-state index in [-0.39, 0.29) is 23.2 Å². The van der Waals surface area contributed by atoms with E-state index in [1.807, 2.05) is 60.4 Å². The normalized spacial score (nSPS) is 17.8. The Balaban J connectivity index is 1.72. The molecule has 3 rings (SSSR count). The van der Waals surface area contributed by atoms with Crippen molar-refractivity contribution in [1.29, 1.82) is 0 Å². The second kappa shape index (κ2) is 9.01. The average molecular weight is 417 g/mol. The Bertz CT molecular complexity index is 837. The van der Waals surface area contributed by atoms with E-state index in [4.69, 9.17) is 11.6 Å². The van der Waals surface area contributed by atoms with Gasteiger partial charge < -0.3 is 10.2 Å². The number of benzene rings is 2. The number of carbonyl (C=O) groups excluding carboxylic acids is 2. The zero-order valence-electron chi connectivity index (χ0n) is 16.3. The number of hydrogen-bond donors (Lipinski definition) is 1. The maximum Gasteiger partial charge on any atom is 0.251 e. The van der Waals surface area contributed by atoms with Gasteiger partial charge in [-0.1, -0.05) is 49.7 Å². The van der Waals surface area contributed by atoms with Crippen LogP contribution in [0.4, 0.5) is 0 Å². The predicted octanol–water partition coefficient (Wildman–Crippen LogP) is 4.89. The molecule has 4 nitrogen and oxygen atoms in total. The van der Waals surface area contributed by atoms with Crippen LogP contribution in [-0.2, 0) is 11.3 Å². The third kappa shape index (κ3) is 4.89. The second-order valence-corrected chi connectivity index (χ2v) is 8.94. The molecule has 28 heavy (non-hydrogen) atoms. The van der Waals surface area contributed by atoms with Crippen LogP contribution < -0.4 is 5.32 Å². The summed E-state index contributed by atoms with van der Waals surface area (Å²) in [5.74, 6) is 0.899. The van der Waals surface area contributed by atoms with Crippen LogP contribution >= 0.6 is 23.4 Å². The fourth-order valence-corrected chi connectivity index (χ4v) is 4.26. The van der Waals surface area contributed by atoms with Crippen molar-refractivity contribution in [2.75, 3.05) is 5.75 Å². The molecule has 0 unspecified atom stereocenters. The SMILES string of the molecule is CC(C)[C@@H](C)NC(=O)c1ccc([C@@H]2SCC(=O)N2Cc2ccc(Cl)cc2)cc1. The Labute approximate surface area is 175 Å². The molecule has 0 aliphatic carbocycles. The summed E-state index contributed by atoms with van der Waals surface area (Å²) in [5.41, 5.74) is 2.71. The third-order valence-corrected chi connectivity index (χ3v) is 6.56. The molecule has 1 fully saturated rings. The van der Waals surface area contributed by atoms with Crippen LogP contribution in [0.2, 0.25) is 5.02 Å². The molecule has 2 atom stereocenters. The lowest BCUT2D eigenvalue weighted by molar-refractivity contribution is -0.128. The first kappa shape index (κ1) is 20.7. The number of halogens is 1. The molecule has 1 saturated heterocycles. The molecule has 0 spiro atoms. The van der Waals surface area contributed by atoms with Crippen LogP contribution in [0, 0.1) is 5.92 Å². The van der Waals surface area contributed by atoms with Gasteiger partial charge >= 0.3 is 0 Å². The van der Waals surface area contributed by atoms with E-state index < -0.39 is 0 Å². The lowest BCUT2D eigenvalue weighted by Gasteiger charge is -2.24. The smallest absolute Gasteiger partial charge is 0.251 e. The fraction of sp³-hybridized carbons (Fsp3) is 0.364. The zero-order valence-corrected chi connectivity index (χ0v) is 17.9. The van der Waals surface area contributed by atoms with Crippen LogP contribution in [0.5, 0.6) is 0 Å². The van der Waals surface area contributed by atoms with Crippen LogP contribution in [0.25, 0.3) is 0 Å². The summed E-state index contributed by atoms with van der Waals surface area (Å²) >= 11 is 7.57. The molecule has 2 aromatic rings. The van der Waals surface area contributed by atoms with Crippen molar-refractivity contribution in [1.82, 2.24) is 10.2 Å². The highest BCUT2D eigenvalue weighted by Gasteiger charge is 2.32. The van der Waals surface area contributed by atoms with Gasteiger partial charge in [0.05, 0.1) is 5.75 Å². The van der Waals surface area contributed by atoms with Crippen molar-refractivity contribution in [3.05, 3.63) is 70.2 Å². The van der Waals surface area contributed by atoms with Crippen molar-refractivity contribution in [3.8, 4) is 0 Å². The second-order valence-electron chi connectivity index (χ2n) is 7.44. The van der Waals surface area contributed by atoms with Gasteiger partial charge in [0.15, 0.2) is 0 Å². The highest BCUT2D eigenvalue weighted by molar-refractivity contribution is 8.00. The summed E-state index contributed by atoms with van der Waals surface area (Å²) in [5, 5.41) is 3.66. The van der Waals surface area contributed by atoms with Gasteiger partial charge in [-0.2, -0.15) is 0 Å². The lowest BCUT2D eigenvalue weighted by atomic mass is 10.1. The minimum atomic E-state index is -0.0686. The summed E-state index contributed by atoms with van der Waals surface area (Å²) < 4.78 is 0. The quantitative estimate of drug-likeness (QED) is 0.729. The number of nitrogens with one attached hydrogen (secondary N) is 1. The van der Waals surface area contributed by atoms with E-state index in [0.717, 1.165) is 11.1 Å². The maximum absolute atomic E-state index is 12.4. The van der Waals surface area contributed by atoms with Crippen molar-refractivity contribution >= 4 is 35.2 Å². The monoisotopic (exact) mass is 416 g/mol. The van der Waals surface area contributed by atoms with Crippen molar-refractivity contribution in [2.45, 2.75) is 38.7 Å². The fourth-order valence-electron chi connectivity index (χ4n) is 2.94. The molecule has 0 saturated carbocycles. The van der Waals surface area contributed by atoms with Crippen LogP contribution in [0.3, 0.4) is 0 Å². The van der Waals surface area contributed by atoms with Gasteiger partial charge in [-0.3, -0.25) is 9.59 Å². The molecular formula is C22H25ClN2O2S. The van der Waals surface area contributed by atoms with Gasteiger partial charge in [-0.25, -0.2) is 0 Å². The highest BCUT2D eigenvalue weighted by Crippen LogP contribution is 2.39. The third-order valence-electron chi connectivity index (χ3n) is 5.05.